The molecule has 0 fully saturated rings. The molecular formula is C23H35FN2. The van der Waals surface area contributed by atoms with Crippen molar-refractivity contribution < 1.29 is 4.39 Å². The molecule has 0 aromatic heterocycles. The molecule has 0 aliphatic rings. The lowest BCUT2D eigenvalue weighted by Crippen LogP contribution is -2.24. The SMILES string of the molecule is C=C(/C=C(\NC)c1ccc(F)cc1)C(=NCC)C(CCC)C(C)CCC. The number of aliphatic imine (C=N–C) groups is 1. The molecule has 2 atom stereocenters. The van der Waals surface area contributed by atoms with Crippen molar-refractivity contribution in [1.29, 1.82) is 0 Å². The largest absolute Gasteiger partial charge is 0.388 e. The van der Waals surface area contributed by atoms with Crippen molar-refractivity contribution >= 4 is 11.4 Å². The average molecular weight is 359 g/mol. The van der Waals surface area contributed by atoms with Crippen LogP contribution >= 0.6 is 0 Å². The maximum Gasteiger partial charge on any atom is 0.123 e. The second kappa shape index (κ2) is 11.7. The molecule has 0 aliphatic heterocycles. The highest BCUT2D eigenvalue weighted by molar-refractivity contribution is 6.05. The smallest absolute Gasteiger partial charge is 0.123 e. The molecule has 26 heavy (non-hydrogen) atoms. The van der Waals surface area contributed by atoms with Crippen LogP contribution in [0.5, 0.6) is 0 Å². The van der Waals surface area contributed by atoms with Gasteiger partial charge in [-0.25, -0.2) is 4.39 Å². The molecule has 0 amide bonds. The summed E-state index contributed by atoms with van der Waals surface area (Å²) in [5, 5.41) is 3.21. The average Bonchev–Trinajstić information content (AvgIpc) is 2.63. The zero-order valence-electron chi connectivity index (χ0n) is 17.1. The van der Waals surface area contributed by atoms with E-state index < -0.39 is 0 Å². The van der Waals surface area contributed by atoms with Crippen LogP contribution in [-0.4, -0.2) is 19.3 Å². The van der Waals surface area contributed by atoms with E-state index in [2.05, 4.69) is 39.6 Å². The minimum Gasteiger partial charge on any atom is -0.388 e. The van der Waals surface area contributed by atoms with Gasteiger partial charge in [0.1, 0.15) is 5.82 Å². The molecule has 2 unspecified atom stereocenters. The Morgan fingerprint density at radius 1 is 1.15 bits per heavy atom. The van der Waals surface area contributed by atoms with E-state index in [9.17, 15) is 4.39 Å². The van der Waals surface area contributed by atoms with Gasteiger partial charge in [0.2, 0.25) is 0 Å². The zero-order valence-corrected chi connectivity index (χ0v) is 17.1. The van der Waals surface area contributed by atoms with Crippen molar-refractivity contribution in [2.75, 3.05) is 13.6 Å². The maximum atomic E-state index is 13.2. The molecule has 0 heterocycles. The van der Waals surface area contributed by atoms with Crippen LogP contribution in [0.25, 0.3) is 5.70 Å². The quantitative estimate of drug-likeness (QED) is 0.366. The maximum absolute atomic E-state index is 13.2. The van der Waals surface area contributed by atoms with Gasteiger partial charge in [0.05, 0.1) is 0 Å². The molecule has 1 aromatic carbocycles. The van der Waals surface area contributed by atoms with Crippen molar-refractivity contribution in [3.8, 4) is 0 Å². The molecule has 1 aromatic rings. The van der Waals surface area contributed by atoms with Gasteiger partial charge in [-0.1, -0.05) is 58.7 Å². The Labute approximate surface area is 159 Å². The number of benzene rings is 1. The molecule has 1 N–H and O–H groups in total. The molecule has 0 saturated carbocycles. The summed E-state index contributed by atoms with van der Waals surface area (Å²) in [7, 11) is 1.88. The summed E-state index contributed by atoms with van der Waals surface area (Å²) in [5.41, 5.74) is 3.93. The number of allylic oxidation sites excluding steroid dienone is 2. The third kappa shape index (κ3) is 6.44. The van der Waals surface area contributed by atoms with E-state index in [1.165, 1.54) is 25.0 Å². The predicted octanol–water partition coefficient (Wildman–Crippen LogP) is 6.26. The number of nitrogens with zero attached hydrogens (tertiary/aromatic N) is 1. The molecule has 0 aliphatic carbocycles. The third-order valence-electron chi connectivity index (χ3n) is 4.78. The molecule has 0 spiro atoms. The van der Waals surface area contributed by atoms with Crippen molar-refractivity contribution in [3.63, 3.8) is 0 Å². The third-order valence-corrected chi connectivity index (χ3v) is 4.78. The van der Waals surface area contributed by atoms with Crippen LogP contribution in [0.4, 0.5) is 4.39 Å². The molecule has 2 nitrogen and oxygen atoms in total. The van der Waals surface area contributed by atoms with Crippen molar-refractivity contribution in [3.05, 3.63) is 53.9 Å². The normalized spacial score (nSPS) is 14.8. The highest BCUT2D eigenvalue weighted by Crippen LogP contribution is 2.28. The van der Waals surface area contributed by atoms with E-state index in [1.807, 2.05) is 13.1 Å². The topological polar surface area (TPSA) is 24.4 Å². The molecule has 0 radical (unpaired) electrons. The fourth-order valence-electron chi connectivity index (χ4n) is 3.46. The van der Waals surface area contributed by atoms with Crippen molar-refractivity contribution in [2.24, 2.45) is 16.8 Å². The summed E-state index contributed by atoms with van der Waals surface area (Å²) in [4.78, 5) is 4.83. The van der Waals surface area contributed by atoms with Gasteiger partial charge in [-0.2, -0.15) is 0 Å². The van der Waals surface area contributed by atoms with Crippen LogP contribution in [0.15, 0.2) is 47.5 Å². The van der Waals surface area contributed by atoms with Gasteiger partial charge in [0.25, 0.3) is 0 Å². The number of hydrogen-bond acceptors (Lipinski definition) is 2. The molecule has 144 valence electrons. The van der Waals surface area contributed by atoms with Crippen molar-refractivity contribution in [1.82, 2.24) is 5.32 Å². The molecule has 0 saturated heterocycles. The van der Waals surface area contributed by atoms with Gasteiger partial charge in [-0.3, -0.25) is 4.99 Å². The van der Waals surface area contributed by atoms with Gasteiger partial charge in [-0.05, 0) is 48.6 Å². The predicted molar refractivity (Wildman–Crippen MR) is 113 cm³/mol. The van der Waals surface area contributed by atoms with Gasteiger partial charge in [0, 0.05) is 30.9 Å². The lowest BCUT2D eigenvalue weighted by atomic mass is 9.80. The van der Waals surface area contributed by atoms with Gasteiger partial charge in [0.15, 0.2) is 0 Å². The Kier molecular flexibility index (Phi) is 9.93. The van der Waals surface area contributed by atoms with Crippen molar-refractivity contribution in [2.45, 2.75) is 53.4 Å². The molecule has 1 rings (SSSR count). The highest BCUT2D eigenvalue weighted by atomic mass is 19.1. The molecule has 3 heteroatoms. The summed E-state index contributed by atoms with van der Waals surface area (Å²) in [6.07, 6.45) is 6.68. The second-order valence-corrected chi connectivity index (χ2v) is 6.86. The fraction of sp³-hybridized carbons (Fsp3) is 0.522. The lowest BCUT2D eigenvalue weighted by Gasteiger charge is -2.26. The first-order valence-electron chi connectivity index (χ1n) is 9.87. The number of hydrogen-bond donors (Lipinski definition) is 1. The zero-order chi connectivity index (χ0) is 19.5. The van der Waals surface area contributed by atoms with Crippen LogP contribution < -0.4 is 5.32 Å². The van der Waals surface area contributed by atoms with E-state index in [1.54, 1.807) is 12.1 Å². The van der Waals surface area contributed by atoms with Gasteiger partial charge >= 0.3 is 0 Å². The fourth-order valence-corrected chi connectivity index (χ4v) is 3.46. The Hall–Kier alpha value is -1.90. The standard InChI is InChI=1S/C23H35FN2/c1-7-10-17(4)21(11-8-2)23(26-9-3)18(5)16-22(25-6)19-12-14-20(24)15-13-19/h12-17,21,25H,5,7-11H2,1-4,6H3/b22-16-,26-23?. The van der Waals surface area contributed by atoms with Gasteiger partial charge in [-0.15, -0.1) is 0 Å². The first kappa shape index (κ1) is 22.1. The number of rotatable bonds is 11. The minimum absolute atomic E-state index is 0.229. The van der Waals surface area contributed by atoms with Crippen LogP contribution in [-0.2, 0) is 0 Å². The summed E-state index contributed by atoms with van der Waals surface area (Å²) in [6.45, 7) is 13.9. The summed E-state index contributed by atoms with van der Waals surface area (Å²) in [6, 6.07) is 6.52. The van der Waals surface area contributed by atoms with E-state index in [-0.39, 0.29) is 5.82 Å². The minimum atomic E-state index is -0.229. The summed E-state index contributed by atoms with van der Waals surface area (Å²) >= 11 is 0. The lowest BCUT2D eigenvalue weighted by molar-refractivity contribution is 0.395. The Bertz CT molecular complexity index is 614. The van der Waals surface area contributed by atoms with E-state index in [0.717, 1.165) is 41.9 Å². The van der Waals surface area contributed by atoms with E-state index in [0.29, 0.717) is 11.8 Å². The first-order valence-corrected chi connectivity index (χ1v) is 9.87. The number of halogens is 1. The van der Waals surface area contributed by atoms with E-state index in [4.69, 9.17) is 4.99 Å². The molecule has 0 bridgehead atoms. The Balaban J connectivity index is 3.19. The molecular weight excluding hydrogens is 323 g/mol. The van der Waals surface area contributed by atoms with Crippen LogP contribution in [0.3, 0.4) is 0 Å². The second-order valence-electron chi connectivity index (χ2n) is 6.86. The van der Waals surface area contributed by atoms with Crippen LogP contribution in [0, 0.1) is 17.7 Å². The highest BCUT2D eigenvalue weighted by Gasteiger charge is 2.23. The van der Waals surface area contributed by atoms with Gasteiger partial charge < -0.3 is 5.32 Å². The first-order chi connectivity index (χ1) is 12.5. The monoisotopic (exact) mass is 358 g/mol. The summed E-state index contributed by atoms with van der Waals surface area (Å²) in [5.74, 6) is 0.780. The van der Waals surface area contributed by atoms with E-state index >= 15 is 0 Å². The number of nitrogens with one attached hydrogen (secondary N) is 1. The Morgan fingerprint density at radius 3 is 2.27 bits per heavy atom. The summed E-state index contributed by atoms with van der Waals surface area (Å²) < 4.78 is 13.2. The van der Waals surface area contributed by atoms with Crippen LogP contribution in [0.1, 0.15) is 58.9 Å². The van der Waals surface area contributed by atoms with Crippen LogP contribution in [0.2, 0.25) is 0 Å². The Morgan fingerprint density at radius 2 is 1.77 bits per heavy atom.